The van der Waals surface area contributed by atoms with Gasteiger partial charge >= 0.3 is 0 Å². The molecule has 2 rings (SSSR count). The normalized spacial score (nSPS) is 14.6. The largest absolute Gasteiger partial charge is 0.493 e. The maximum absolute atomic E-state index is 12.1. The summed E-state index contributed by atoms with van der Waals surface area (Å²) >= 11 is 0. The number of alkyl halides is 1. The van der Waals surface area contributed by atoms with E-state index in [0.29, 0.717) is 24.8 Å². The van der Waals surface area contributed by atoms with Crippen molar-refractivity contribution in [1.29, 1.82) is 0 Å². The number of methoxy groups -OCH3 is 1. The first-order valence-electron chi connectivity index (χ1n) is 6.43. The van der Waals surface area contributed by atoms with Gasteiger partial charge in [0.15, 0.2) is 11.5 Å². The first kappa shape index (κ1) is 13.1. The van der Waals surface area contributed by atoms with E-state index in [9.17, 15) is 4.39 Å². The van der Waals surface area contributed by atoms with E-state index in [4.69, 9.17) is 9.47 Å². The van der Waals surface area contributed by atoms with Gasteiger partial charge in [0, 0.05) is 24.6 Å². The molecule has 4 heteroatoms. The van der Waals surface area contributed by atoms with Crippen molar-refractivity contribution in [2.24, 2.45) is 0 Å². The molecule has 0 saturated heterocycles. The lowest BCUT2D eigenvalue weighted by Crippen LogP contribution is -2.16. The van der Waals surface area contributed by atoms with E-state index in [0.717, 1.165) is 17.9 Å². The maximum atomic E-state index is 12.1. The fraction of sp³-hybridized carbons (Fsp3) is 0.571. The Labute approximate surface area is 107 Å². The van der Waals surface area contributed by atoms with Gasteiger partial charge in [0.2, 0.25) is 0 Å². The zero-order valence-electron chi connectivity index (χ0n) is 10.7. The molecule has 1 aliphatic rings. The van der Waals surface area contributed by atoms with Crippen LogP contribution in [0.4, 0.5) is 4.39 Å². The topological polar surface area (TPSA) is 30.5 Å². The van der Waals surface area contributed by atoms with Crippen molar-refractivity contribution < 1.29 is 13.9 Å². The van der Waals surface area contributed by atoms with Crippen molar-refractivity contribution in [3.63, 3.8) is 0 Å². The highest BCUT2D eigenvalue weighted by atomic mass is 19.1. The minimum Gasteiger partial charge on any atom is -0.493 e. The Morgan fingerprint density at radius 2 is 2.22 bits per heavy atom. The monoisotopic (exact) mass is 253 g/mol. The Hall–Kier alpha value is -1.29. The third kappa shape index (κ3) is 3.60. The molecule has 1 aromatic rings. The van der Waals surface area contributed by atoms with Gasteiger partial charge in [-0.3, -0.25) is 4.39 Å². The minimum atomic E-state index is -0.356. The van der Waals surface area contributed by atoms with Gasteiger partial charge in [-0.15, -0.1) is 0 Å². The lowest BCUT2D eigenvalue weighted by Gasteiger charge is -2.15. The summed E-state index contributed by atoms with van der Waals surface area (Å²) in [5.41, 5.74) is 1.07. The molecule has 0 atom stereocenters. The standard InChI is InChI=1S/C14H20FNO2/c1-17-13-5-2-4-11(10-16-12-6-7-12)14(13)18-9-3-8-15/h2,4-5,12,16H,3,6-10H2,1H3. The molecule has 18 heavy (non-hydrogen) atoms. The van der Waals surface area contributed by atoms with Crippen LogP contribution in [0.1, 0.15) is 24.8 Å². The molecule has 0 aromatic heterocycles. The van der Waals surface area contributed by atoms with E-state index in [1.54, 1.807) is 7.11 Å². The maximum Gasteiger partial charge on any atom is 0.165 e. The van der Waals surface area contributed by atoms with Gasteiger partial charge in [-0.25, -0.2) is 0 Å². The first-order chi connectivity index (χ1) is 8.85. The van der Waals surface area contributed by atoms with Crippen LogP contribution >= 0.6 is 0 Å². The number of rotatable bonds is 8. The molecule has 0 spiro atoms. The molecule has 0 bridgehead atoms. The fourth-order valence-electron chi connectivity index (χ4n) is 1.80. The van der Waals surface area contributed by atoms with Crippen LogP contribution in [0.2, 0.25) is 0 Å². The van der Waals surface area contributed by atoms with Gasteiger partial charge in [-0.2, -0.15) is 0 Å². The lowest BCUT2D eigenvalue weighted by atomic mass is 10.2. The predicted molar refractivity (Wildman–Crippen MR) is 68.9 cm³/mol. The second-order valence-corrected chi connectivity index (χ2v) is 4.49. The number of halogens is 1. The van der Waals surface area contributed by atoms with E-state index in [1.165, 1.54) is 12.8 Å². The average molecular weight is 253 g/mol. The second kappa shape index (κ2) is 6.59. The smallest absolute Gasteiger partial charge is 0.165 e. The Bertz CT molecular complexity index is 380. The molecule has 0 radical (unpaired) electrons. The summed E-state index contributed by atoms with van der Waals surface area (Å²) in [6.07, 6.45) is 2.91. The van der Waals surface area contributed by atoms with Crippen molar-refractivity contribution in [3.8, 4) is 11.5 Å². The summed E-state index contributed by atoms with van der Waals surface area (Å²) in [6, 6.07) is 6.48. The number of ether oxygens (including phenoxy) is 2. The molecule has 1 saturated carbocycles. The van der Waals surface area contributed by atoms with Crippen LogP contribution < -0.4 is 14.8 Å². The molecular weight excluding hydrogens is 233 g/mol. The van der Waals surface area contributed by atoms with Gasteiger partial charge in [0.05, 0.1) is 20.4 Å². The van der Waals surface area contributed by atoms with Crippen molar-refractivity contribution in [2.75, 3.05) is 20.4 Å². The summed E-state index contributed by atoms with van der Waals surface area (Å²) in [5.74, 6) is 1.45. The summed E-state index contributed by atoms with van der Waals surface area (Å²) in [7, 11) is 1.62. The van der Waals surface area contributed by atoms with Crippen molar-refractivity contribution in [3.05, 3.63) is 23.8 Å². The molecule has 1 aliphatic carbocycles. The Balaban J connectivity index is 2.03. The number of hydrogen-bond donors (Lipinski definition) is 1. The highest BCUT2D eigenvalue weighted by Crippen LogP contribution is 2.32. The Morgan fingerprint density at radius 3 is 2.89 bits per heavy atom. The summed E-state index contributed by atoms with van der Waals surface area (Å²) in [6.45, 7) is 0.797. The van der Waals surface area contributed by atoms with Gasteiger partial charge in [0.25, 0.3) is 0 Å². The van der Waals surface area contributed by atoms with Crippen molar-refractivity contribution in [1.82, 2.24) is 5.32 Å². The van der Waals surface area contributed by atoms with Crippen LogP contribution in [0.5, 0.6) is 11.5 Å². The van der Waals surface area contributed by atoms with Crippen LogP contribution in [0.3, 0.4) is 0 Å². The zero-order chi connectivity index (χ0) is 12.8. The van der Waals surface area contributed by atoms with Crippen molar-refractivity contribution in [2.45, 2.75) is 31.8 Å². The van der Waals surface area contributed by atoms with E-state index in [-0.39, 0.29) is 6.67 Å². The quantitative estimate of drug-likeness (QED) is 0.723. The van der Waals surface area contributed by atoms with E-state index < -0.39 is 0 Å². The minimum absolute atomic E-state index is 0.356. The summed E-state index contributed by atoms with van der Waals surface area (Å²) in [4.78, 5) is 0. The lowest BCUT2D eigenvalue weighted by molar-refractivity contribution is 0.270. The van der Waals surface area contributed by atoms with Gasteiger partial charge in [0.1, 0.15) is 0 Å². The number of benzene rings is 1. The first-order valence-corrected chi connectivity index (χ1v) is 6.43. The van der Waals surface area contributed by atoms with E-state index >= 15 is 0 Å². The molecule has 1 N–H and O–H groups in total. The summed E-state index contributed by atoms with van der Waals surface area (Å²) < 4.78 is 23.1. The van der Waals surface area contributed by atoms with Crippen LogP contribution in [-0.2, 0) is 6.54 Å². The second-order valence-electron chi connectivity index (χ2n) is 4.49. The van der Waals surface area contributed by atoms with Crippen LogP contribution in [0.25, 0.3) is 0 Å². The molecule has 1 aromatic carbocycles. The molecule has 100 valence electrons. The van der Waals surface area contributed by atoms with Gasteiger partial charge < -0.3 is 14.8 Å². The number of nitrogens with one attached hydrogen (secondary N) is 1. The number of hydrogen-bond acceptors (Lipinski definition) is 3. The van der Waals surface area contributed by atoms with Crippen LogP contribution in [0.15, 0.2) is 18.2 Å². The molecule has 0 amide bonds. The third-order valence-electron chi connectivity index (χ3n) is 2.96. The highest BCUT2D eigenvalue weighted by molar-refractivity contribution is 5.46. The van der Waals surface area contributed by atoms with E-state index in [1.807, 2.05) is 18.2 Å². The molecule has 0 unspecified atom stereocenters. The molecular formula is C14H20FNO2. The Morgan fingerprint density at radius 1 is 1.39 bits per heavy atom. The average Bonchev–Trinajstić information content (AvgIpc) is 3.21. The van der Waals surface area contributed by atoms with Crippen LogP contribution in [0, 0.1) is 0 Å². The Kier molecular flexibility index (Phi) is 4.81. The molecule has 0 heterocycles. The number of para-hydroxylation sites is 1. The van der Waals surface area contributed by atoms with E-state index in [2.05, 4.69) is 5.32 Å². The van der Waals surface area contributed by atoms with Crippen LogP contribution in [-0.4, -0.2) is 26.4 Å². The highest BCUT2D eigenvalue weighted by Gasteiger charge is 2.21. The fourth-order valence-corrected chi connectivity index (χ4v) is 1.80. The zero-order valence-corrected chi connectivity index (χ0v) is 10.7. The third-order valence-corrected chi connectivity index (χ3v) is 2.96. The predicted octanol–water partition coefficient (Wildman–Crippen LogP) is 2.69. The van der Waals surface area contributed by atoms with Gasteiger partial charge in [-0.05, 0) is 18.9 Å². The molecule has 1 fully saturated rings. The summed E-state index contributed by atoms with van der Waals surface area (Å²) in [5, 5.41) is 3.45. The van der Waals surface area contributed by atoms with Gasteiger partial charge in [-0.1, -0.05) is 12.1 Å². The van der Waals surface area contributed by atoms with Crippen molar-refractivity contribution >= 4 is 0 Å². The SMILES string of the molecule is COc1cccc(CNC2CC2)c1OCCCF. The molecule has 0 aliphatic heterocycles. The molecule has 3 nitrogen and oxygen atoms in total.